The maximum atomic E-state index is 12.3. The molecule has 0 aliphatic carbocycles. The molecule has 0 aliphatic rings. The second kappa shape index (κ2) is 5.33. The van der Waals surface area contributed by atoms with Crippen LogP contribution in [0.25, 0.3) is 10.9 Å². The lowest BCUT2D eigenvalue weighted by Gasteiger charge is -2.23. The van der Waals surface area contributed by atoms with Crippen molar-refractivity contribution in [1.29, 1.82) is 0 Å². The van der Waals surface area contributed by atoms with Gasteiger partial charge in [0.1, 0.15) is 0 Å². The lowest BCUT2D eigenvalue weighted by molar-refractivity contribution is 0.0946. The standard InChI is InChI=1S/C16H17N3OS/c1-16(2,14-4-3-7-21-14)10-17-15(20)11-5-6-12-9-18-19-13(12)8-11/h3-9H,10H2,1-2H3,(H,17,20)(H,18,19). The first-order chi connectivity index (χ1) is 10.1. The van der Waals surface area contributed by atoms with Gasteiger partial charge < -0.3 is 5.32 Å². The maximum absolute atomic E-state index is 12.3. The van der Waals surface area contributed by atoms with Gasteiger partial charge in [-0.15, -0.1) is 11.3 Å². The van der Waals surface area contributed by atoms with Gasteiger partial charge in [0, 0.05) is 27.8 Å². The zero-order valence-corrected chi connectivity index (χ0v) is 12.8. The number of thiophene rings is 1. The van der Waals surface area contributed by atoms with Crippen LogP contribution in [0.5, 0.6) is 0 Å². The van der Waals surface area contributed by atoms with Crippen LogP contribution in [0.4, 0.5) is 0 Å². The molecule has 0 radical (unpaired) electrons. The SMILES string of the molecule is CC(C)(CNC(=O)c1ccc2cn[nH]c2c1)c1cccs1. The third kappa shape index (κ3) is 2.83. The third-order valence-electron chi connectivity index (χ3n) is 3.58. The molecule has 5 heteroatoms. The molecule has 0 spiro atoms. The molecule has 0 unspecified atom stereocenters. The number of carbonyl (C=O) groups excluding carboxylic acids is 1. The minimum absolute atomic E-state index is 0.0591. The predicted octanol–water partition coefficient (Wildman–Crippen LogP) is 3.33. The summed E-state index contributed by atoms with van der Waals surface area (Å²) in [6.45, 7) is 4.88. The molecule has 0 fully saturated rings. The number of aromatic nitrogens is 2. The highest BCUT2D eigenvalue weighted by atomic mass is 32.1. The maximum Gasteiger partial charge on any atom is 0.251 e. The van der Waals surface area contributed by atoms with Gasteiger partial charge in [-0.2, -0.15) is 5.10 Å². The van der Waals surface area contributed by atoms with Crippen LogP contribution in [0.1, 0.15) is 29.1 Å². The van der Waals surface area contributed by atoms with Gasteiger partial charge in [0.15, 0.2) is 0 Å². The van der Waals surface area contributed by atoms with Gasteiger partial charge in [-0.3, -0.25) is 9.89 Å². The van der Waals surface area contributed by atoms with Crippen molar-refractivity contribution in [1.82, 2.24) is 15.5 Å². The number of hydrogen-bond donors (Lipinski definition) is 2. The highest BCUT2D eigenvalue weighted by Crippen LogP contribution is 2.26. The highest BCUT2D eigenvalue weighted by molar-refractivity contribution is 7.10. The number of benzene rings is 1. The number of amides is 1. The number of rotatable bonds is 4. The van der Waals surface area contributed by atoms with E-state index >= 15 is 0 Å². The van der Waals surface area contributed by atoms with Crippen molar-refractivity contribution in [2.45, 2.75) is 19.3 Å². The van der Waals surface area contributed by atoms with Crippen molar-refractivity contribution in [2.75, 3.05) is 6.54 Å². The largest absolute Gasteiger partial charge is 0.351 e. The summed E-state index contributed by atoms with van der Waals surface area (Å²) in [5, 5.41) is 12.9. The number of aromatic amines is 1. The predicted molar refractivity (Wildman–Crippen MR) is 85.8 cm³/mol. The van der Waals surface area contributed by atoms with Crippen LogP contribution in [0.3, 0.4) is 0 Å². The Kier molecular flexibility index (Phi) is 3.51. The van der Waals surface area contributed by atoms with Crippen LogP contribution >= 0.6 is 11.3 Å². The number of nitrogens with zero attached hydrogens (tertiary/aromatic N) is 1. The van der Waals surface area contributed by atoms with E-state index in [1.165, 1.54) is 4.88 Å². The van der Waals surface area contributed by atoms with E-state index in [0.29, 0.717) is 12.1 Å². The Hall–Kier alpha value is -2.14. The smallest absolute Gasteiger partial charge is 0.251 e. The topological polar surface area (TPSA) is 57.8 Å². The van der Waals surface area contributed by atoms with Gasteiger partial charge in [0.25, 0.3) is 5.91 Å². The monoisotopic (exact) mass is 299 g/mol. The molecule has 108 valence electrons. The number of fused-ring (bicyclic) bond motifs is 1. The molecule has 0 saturated heterocycles. The molecule has 1 amide bonds. The summed E-state index contributed by atoms with van der Waals surface area (Å²) < 4.78 is 0. The molecule has 2 heterocycles. The van der Waals surface area contributed by atoms with Gasteiger partial charge in [0.2, 0.25) is 0 Å². The van der Waals surface area contributed by atoms with E-state index in [-0.39, 0.29) is 11.3 Å². The zero-order chi connectivity index (χ0) is 14.9. The molecule has 1 aromatic carbocycles. The third-order valence-corrected chi connectivity index (χ3v) is 4.82. The van der Waals surface area contributed by atoms with Gasteiger partial charge in [-0.1, -0.05) is 26.0 Å². The molecule has 2 aromatic heterocycles. The molecule has 0 aliphatic heterocycles. The number of hydrogen-bond acceptors (Lipinski definition) is 3. The van der Waals surface area contributed by atoms with Gasteiger partial charge in [-0.25, -0.2) is 0 Å². The van der Waals surface area contributed by atoms with Crippen molar-refractivity contribution >= 4 is 28.1 Å². The molecular formula is C16H17N3OS. The van der Waals surface area contributed by atoms with Crippen molar-refractivity contribution in [3.8, 4) is 0 Å². The lowest BCUT2D eigenvalue weighted by atomic mass is 9.91. The van der Waals surface area contributed by atoms with E-state index in [1.807, 2.05) is 24.3 Å². The minimum atomic E-state index is -0.0675. The van der Waals surface area contributed by atoms with Crippen LogP contribution < -0.4 is 5.32 Å². The summed E-state index contributed by atoms with van der Waals surface area (Å²) >= 11 is 1.72. The zero-order valence-electron chi connectivity index (χ0n) is 12.0. The van der Waals surface area contributed by atoms with E-state index in [4.69, 9.17) is 0 Å². The molecule has 0 atom stereocenters. The van der Waals surface area contributed by atoms with Crippen molar-refractivity contribution in [2.24, 2.45) is 0 Å². The normalized spacial score (nSPS) is 11.7. The first kappa shape index (κ1) is 13.8. The number of nitrogens with one attached hydrogen (secondary N) is 2. The Morgan fingerprint density at radius 2 is 2.24 bits per heavy atom. The molecule has 21 heavy (non-hydrogen) atoms. The van der Waals surface area contributed by atoms with E-state index in [0.717, 1.165) is 10.9 Å². The quantitative estimate of drug-likeness (QED) is 0.776. The van der Waals surface area contributed by atoms with Crippen molar-refractivity contribution < 1.29 is 4.79 Å². The summed E-state index contributed by atoms with van der Waals surface area (Å²) in [4.78, 5) is 13.6. The second-order valence-electron chi connectivity index (χ2n) is 5.72. The fraction of sp³-hybridized carbons (Fsp3) is 0.250. The molecular weight excluding hydrogens is 282 g/mol. The molecule has 4 nitrogen and oxygen atoms in total. The van der Waals surface area contributed by atoms with E-state index in [9.17, 15) is 4.79 Å². The first-order valence-electron chi connectivity index (χ1n) is 6.81. The fourth-order valence-corrected chi connectivity index (χ4v) is 3.08. The second-order valence-corrected chi connectivity index (χ2v) is 6.66. The van der Waals surface area contributed by atoms with Crippen LogP contribution in [0.2, 0.25) is 0 Å². The van der Waals surface area contributed by atoms with Crippen LogP contribution in [0.15, 0.2) is 41.9 Å². The van der Waals surface area contributed by atoms with Gasteiger partial charge >= 0.3 is 0 Å². The fourth-order valence-electron chi connectivity index (χ4n) is 2.23. The molecule has 3 rings (SSSR count). The van der Waals surface area contributed by atoms with E-state index < -0.39 is 0 Å². The van der Waals surface area contributed by atoms with Crippen LogP contribution in [0, 0.1) is 0 Å². The Labute approximate surface area is 127 Å². The van der Waals surface area contributed by atoms with Crippen molar-refractivity contribution in [3.63, 3.8) is 0 Å². The molecule has 3 aromatic rings. The Morgan fingerprint density at radius 1 is 1.38 bits per heavy atom. The van der Waals surface area contributed by atoms with Crippen LogP contribution in [-0.2, 0) is 5.41 Å². The highest BCUT2D eigenvalue weighted by Gasteiger charge is 2.22. The van der Waals surface area contributed by atoms with Crippen molar-refractivity contribution in [3.05, 3.63) is 52.3 Å². The van der Waals surface area contributed by atoms with Gasteiger partial charge in [0.05, 0.1) is 11.7 Å². The summed E-state index contributed by atoms with van der Waals surface area (Å²) in [7, 11) is 0. The van der Waals surface area contributed by atoms with E-state index in [1.54, 1.807) is 17.5 Å². The Bertz CT molecular complexity index is 759. The molecule has 0 bridgehead atoms. The Morgan fingerprint density at radius 3 is 3.00 bits per heavy atom. The van der Waals surface area contributed by atoms with E-state index in [2.05, 4.69) is 40.8 Å². The number of carbonyl (C=O) groups is 1. The van der Waals surface area contributed by atoms with Gasteiger partial charge in [-0.05, 0) is 23.6 Å². The minimum Gasteiger partial charge on any atom is -0.351 e. The summed E-state index contributed by atoms with van der Waals surface area (Å²) in [6, 6.07) is 9.70. The number of H-pyrrole nitrogens is 1. The first-order valence-corrected chi connectivity index (χ1v) is 7.69. The Balaban J connectivity index is 1.71. The molecule has 2 N–H and O–H groups in total. The van der Waals surface area contributed by atoms with Crippen LogP contribution in [-0.4, -0.2) is 22.6 Å². The average Bonchev–Trinajstić information content (AvgIpc) is 3.14. The average molecular weight is 299 g/mol. The lowest BCUT2D eigenvalue weighted by Crippen LogP contribution is -2.36. The summed E-state index contributed by atoms with van der Waals surface area (Å²) in [5.41, 5.74) is 1.45. The molecule has 0 saturated carbocycles. The summed E-state index contributed by atoms with van der Waals surface area (Å²) in [6.07, 6.45) is 1.75. The summed E-state index contributed by atoms with van der Waals surface area (Å²) in [5.74, 6) is -0.0591.